The zero-order chi connectivity index (χ0) is 44.0. The number of methoxy groups -OCH3 is 2. The zero-order valence-corrected chi connectivity index (χ0v) is 35.6. The molecule has 0 aromatic carbocycles. The van der Waals surface area contributed by atoms with Crippen LogP contribution in [0, 0.1) is 17.8 Å². The summed E-state index contributed by atoms with van der Waals surface area (Å²) in [6.45, 7) is 5.66. The van der Waals surface area contributed by atoms with E-state index in [0.717, 1.165) is 77.0 Å². The van der Waals surface area contributed by atoms with Crippen molar-refractivity contribution in [2.75, 3.05) is 20.8 Å². The molecule has 0 saturated carbocycles. The smallest absolute Gasteiger partial charge is 0.307 e. The molecule has 15 nitrogen and oxygen atoms in total. The Morgan fingerprint density at radius 1 is 0.525 bits per heavy atom. The maximum absolute atomic E-state index is 13.4. The van der Waals surface area contributed by atoms with E-state index in [9.17, 15) is 44.1 Å². The Bertz CT molecular complexity index is 1340. The molecule has 0 N–H and O–H groups in total. The molecule has 1 heterocycles. The summed E-state index contributed by atoms with van der Waals surface area (Å²) < 4.78 is 33.9. The van der Waals surface area contributed by atoms with Gasteiger partial charge in [-0.15, -0.1) is 0 Å². The highest BCUT2D eigenvalue weighted by atomic mass is 16.7. The number of carboxylic acids is 3. The third-order valence-corrected chi connectivity index (χ3v) is 9.96. The molecule has 8 atom stereocenters. The summed E-state index contributed by atoms with van der Waals surface area (Å²) in [6.07, 6.45) is 12.9. The van der Waals surface area contributed by atoms with Gasteiger partial charge >= 0.3 is 17.9 Å². The Morgan fingerprint density at radius 3 is 1.27 bits per heavy atom. The molecule has 0 aliphatic carbocycles. The number of hydrogen-bond acceptors (Lipinski definition) is 15. The maximum Gasteiger partial charge on any atom is 0.307 e. The molecule has 0 aromatic rings. The molecule has 15 heteroatoms. The molecule has 1 fully saturated rings. The number of allylic oxidation sites excluding steroid dienone is 6. The molecule has 1 aliphatic heterocycles. The highest BCUT2D eigenvalue weighted by molar-refractivity contribution is 5.79. The molecule has 1 saturated heterocycles. The lowest BCUT2D eigenvalue weighted by Crippen LogP contribution is -2.62. The number of aliphatic carboxylic acids is 3. The lowest BCUT2D eigenvalue weighted by molar-refractivity contribution is -0.315. The van der Waals surface area contributed by atoms with Crippen molar-refractivity contribution >= 4 is 35.8 Å². The van der Waals surface area contributed by atoms with Crippen LogP contribution in [-0.2, 0) is 57.2 Å². The van der Waals surface area contributed by atoms with Gasteiger partial charge in [-0.25, -0.2) is 0 Å². The predicted octanol–water partition coefficient (Wildman–Crippen LogP) is 3.59. The van der Waals surface area contributed by atoms with Gasteiger partial charge in [0, 0.05) is 49.9 Å². The third kappa shape index (κ3) is 22.2. The van der Waals surface area contributed by atoms with E-state index >= 15 is 0 Å². The van der Waals surface area contributed by atoms with Gasteiger partial charge < -0.3 is 58.1 Å². The largest absolute Gasteiger partial charge is 0.550 e. The standard InChI is InChI=1S/C44H70O15/c1-6-9-12-15-18-21-24-31(41(48)49)27-35(45)56-30-34-38(54-4)39(58-36(46)28-32(42(50)51)25-22-19-16-13-10-7-2)40(44(55-5)57-34)59-37(47)29-33(43(52)53)26-23-20-17-14-11-8-3/h18-23,31-34,38-40,44H,6-17,24-30H2,1-5H3,(H,48,49)(H,50,51)(H,52,53)/p-3/b21-18+,22-19+,23-20+/t31?,32?,33?,34-,38+,39-,40-,44-/m0/s1. The van der Waals surface area contributed by atoms with Crippen molar-refractivity contribution < 1.29 is 72.5 Å². The molecule has 1 rings (SSSR count). The molecule has 1 aliphatic rings. The lowest BCUT2D eigenvalue weighted by Gasteiger charge is -2.44. The average Bonchev–Trinajstić information content (AvgIpc) is 3.19. The number of hydrogen-bond donors (Lipinski definition) is 0. The normalized spacial score (nSPS) is 21.0. The van der Waals surface area contributed by atoms with Crippen molar-refractivity contribution in [3.05, 3.63) is 36.5 Å². The Kier molecular flexibility index (Phi) is 28.5. The monoisotopic (exact) mass is 835 g/mol. The Balaban J connectivity index is 3.28. The summed E-state index contributed by atoms with van der Waals surface area (Å²) >= 11 is 0. The summed E-state index contributed by atoms with van der Waals surface area (Å²) in [6, 6.07) is 0. The van der Waals surface area contributed by atoms with Crippen molar-refractivity contribution in [3.63, 3.8) is 0 Å². The van der Waals surface area contributed by atoms with E-state index in [-0.39, 0.29) is 19.3 Å². The summed E-state index contributed by atoms with van der Waals surface area (Å²) in [5.41, 5.74) is 0. The molecule has 0 aromatic heterocycles. The molecule has 0 spiro atoms. The number of carbonyl (C=O) groups is 6. The number of carbonyl (C=O) groups excluding carboxylic acids is 6. The van der Waals surface area contributed by atoms with Gasteiger partial charge in [0.2, 0.25) is 0 Å². The molecular weight excluding hydrogens is 768 g/mol. The SMILES string of the molecule is CCCCC/C=C/CC(CC(=O)OC[C@@H]1O[C@H](OC)[C@@H](OC(=O)CC(C/C=C/CCCCC)C(=O)[O-])[C@@H](OC(=O)CC(C/C=C/CCCCC)C(=O)[O-])[C@@H]1OC)C(=O)[O-]. The topological polar surface area (TPSA) is 227 Å². The van der Waals surface area contributed by atoms with Gasteiger partial charge in [0.25, 0.3) is 0 Å². The molecule has 0 radical (unpaired) electrons. The van der Waals surface area contributed by atoms with Crippen LogP contribution in [0.25, 0.3) is 0 Å². The van der Waals surface area contributed by atoms with Crippen molar-refractivity contribution in [3.8, 4) is 0 Å². The number of rotatable bonds is 33. The van der Waals surface area contributed by atoms with Crippen molar-refractivity contribution in [2.24, 2.45) is 17.8 Å². The van der Waals surface area contributed by atoms with Gasteiger partial charge in [0.05, 0.1) is 19.3 Å². The second-order valence-electron chi connectivity index (χ2n) is 14.8. The van der Waals surface area contributed by atoms with Crippen LogP contribution in [0.15, 0.2) is 36.5 Å². The molecule has 59 heavy (non-hydrogen) atoms. The van der Waals surface area contributed by atoms with Crippen molar-refractivity contribution in [2.45, 2.75) is 167 Å². The van der Waals surface area contributed by atoms with E-state index < -0.39 is 110 Å². The quantitative estimate of drug-likeness (QED) is 0.0398. The highest BCUT2D eigenvalue weighted by Gasteiger charge is 2.51. The van der Waals surface area contributed by atoms with Crippen molar-refractivity contribution in [1.82, 2.24) is 0 Å². The molecular formula is C44H67O15-3. The van der Waals surface area contributed by atoms with Crippen LogP contribution in [0.2, 0.25) is 0 Å². The van der Waals surface area contributed by atoms with Crippen LogP contribution < -0.4 is 15.3 Å². The van der Waals surface area contributed by atoms with Gasteiger partial charge in [0.1, 0.15) is 18.8 Å². The van der Waals surface area contributed by atoms with Crippen LogP contribution in [0.1, 0.15) is 136 Å². The fraction of sp³-hybridized carbons (Fsp3) is 0.727. The Labute approximate surface area is 349 Å². The van der Waals surface area contributed by atoms with Crippen LogP contribution in [0.4, 0.5) is 0 Å². The van der Waals surface area contributed by atoms with Gasteiger partial charge in [0.15, 0.2) is 18.5 Å². The minimum atomic E-state index is -1.56. The summed E-state index contributed by atoms with van der Waals surface area (Å²) in [5.74, 6) is -11.0. The van der Waals surface area contributed by atoms with Gasteiger partial charge in [-0.2, -0.15) is 0 Å². The van der Waals surface area contributed by atoms with Gasteiger partial charge in [-0.3, -0.25) is 14.4 Å². The van der Waals surface area contributed by atoms with E-state index in [1.807, 2.05) is 18.2 Å². The Hall–Kier alpha value is -4.08. The van der Waals surface area contributed by atoms with Crippen LogP contribution in [-0.4, -0.2) is 87.3 Å². The van der Waals surface area contributed by atoms with E-state index in [4.69, 9.17) is 28.4 Å². The minimum Gasteiger partial charge on any atom is -0.550 e. The molecule has 0 bridgehead atoms. The van der Waals surface area contributed by atoms with E-state index in [1.54, 1.807) is 18.2 Å². The van der Waals surface area contributed by atoms with Crippen LogP contribution in [0.5, 0.6) is 0 Å². The fourth-order valence-corrected chi connectivity index (χ4v) is 6.44. The van der Waals surface area contributed by atoms with Crippen LogP contribution in [0.3, 0.4) is 0 Å². The molecule has 3 unspecified atom stereocenters. The summed E-state index contributed by atoms with van der Waals surface area (Å²) in [5, 5.41) is 35.8. The Morgan fingerprint density at radius 2 is 0.915 bits per heavy atom. The first-order chi connectivity index (χ1) is 28.3. The summed E-state index contributed by atoms with van der Waals surface area (Å²) in [4.78, 5) is 75.4. The van der Waals surface area contributed by atoms with E-state index in [2.05, 4.69) is 20.8 Å². The first kappa shape index (κ1) is 52.9. The lowest BCUT2D eigenvalue weighted by atomic mass is 9.97. The fourth-order valence-electron chi connectivity index (χ4n) is 6.44. The van der Waals surface area contributed by atoms with E-state index in [0.29, 0.717) is 0 Å². The first-order valence-corrected chi connectivity index (χ1v) is 21.2. The summed E-state index contributed by atoms with van der Waals surface area (Å²) in [7, 11) is 2.42. The second kappa shape index (κ2) is 31.8. The average molecular weight is 836 g/mol. The van der Waals surface area contributed by atoms with Crippen LogP contribution >= 0.6 is 0 Å². The maximum atomic E-state index is 13.4. The molecule has 336 valence electrons. The van der Waals surface area contributed by atoms with Gasteiger partial charge in [-0.1, -0.05) is 95.8 Å². The number of ether oxygens (including phenoxy) is 6. The number of esters is 3. The first-order valence-electron chi connectivity index (χ1n) is 21.2. The third-order valence-electron chi connectivity index (χ3n) is 9.96. The van der Waals surface area contributed by atoms with E-state index in [1.165, 1.54) is 14.2 Å². The second-order valence-corrected chi connectivity index (χ2v) is 14.8. The minimum absolute atomic E-state index is 0.00328. The number of carboxylic acid groups (broad SMARTS) is 3. The number of unbranched alkanes of at least 4 members (excludes halogenated alkanes) is 9. The van der Waals surface area contributed by atoms with Crippen molar-refractivity contribution in [1.29, 1.82) is 0 Å². The highest BCUT2D eigenvalue weighted by Crippen LogP contribution is 2.30. The molecule has 0 amide bonds. The van der Waals surface area contributed by atoms with Gasteiger partial charge in [-0.05, 0) is 57.8 Å². The predicted molar refractivity (Wildman–Crippen MR) is 210 cm³/mol. The zero-order valence-electron chi connectivity index (χ0n) is 35.6.